The standard InChI is InChI=1S/C25H35N/c1-3-5-7-13-23-19-26-25(18-24(23)21-11-8-6-9-12-21)22-16-14-20(10-4-2)15-17-22/h6,8-9,11-12,18-20,22H,3-5,7,10,13-17H2,1-2H3. The Hall–Kier alpha value is -1.63. The molecule has 140 valence electrons. The van der Waals surface area contributed by atoms with E-state index in [4.69, 9.17) is 4.98 Å². The van der Waals surface area contributed by atoms with Crippen LogP contribution in [0.4, 0.5) is 0 Å². The molecule has 0 amide bonds. The zero-order valence-electron chi connectivity index (χ0n) is 16.7. The number of aromatic nitrogens is 1. The van der Waals surface area contributed by atoms with Crippen molar-refractivity contribution in [3.63, 3.8) is 0 Å². The monoisotopic (exact) mass is 349 g/mol. The van der Waals surface area contributed by atoms with Crippen molar-refractivity contribution in [2.24, 2.45) is 5.92 Å². The summed E-state index contributed by atoms with van der Waals surface area (Å²) in [5.74, 6) is 1.62. The lowest BCUT2D eigenvalue weighted by molar-refractivity contribution is 0.305. The Morgan fingerprint density at radius 3 is 2.38 bits per heavy atom. The van der Waals surface area contributed by atoms with Gasteiger partial charge in [0.05, 0.1) is 0 Å². The van der Waals surface area contributed by atoms with E-state index in [9.17, 15) is 0 Å². The largest absolute Gasteiger partial charge is 0.261 e. The molecule has 0 N–H and O–H groups in total. The molecule has 1 fully saturated rings. The maximum Gasteiger partial charge on any atom is 0.0440 e. The van der Waals surface area contributed by atoms with E-state index in [1.807, 2.05) is 0 Å². The minimum absolute atomic E-state index is 0.662. The van der Waals surface area contributed by atoms with Crippen LogP contribution in [0, 0.1) is 5.92 Å². The highest BCUT2D eigenvalue weighted by Gasteiger charge is 2.23. The van der Waals surface area contributed by atoms with E-state index in [1.165, 1.54) is 80.2 Å². The van der Waals surface area contributed by atoms with E-state index in [1.54, 1.807) is 0 Å². The fourth-order valence-electron chi connectivity index (χ4n) is 4.53. The summed E-state index contributed by atoms with van der Waals surface area (Å²) in [5.41, 5.74) is 5.52. The van der Waals surface area contributed by atoms with Crippen LogP contribution >= 0.6 is 0 Å². The Morgan fingerprint density at radius 2 is 1.69 bits per heavy atom. The predicted molar refractivity (Wildman–Crippen MR) is 113 cm³/mol. The van der Waals surface area contributed by atoms with Gasteiger partial charge < -0.3 is 0 Å². The van der Waals surface area contributed by atoms with Crippen molar-refractivity contribution >= 4 is 0 Å². The third kappa shape index (κ3) is 4.96. The van der Waals surface area contributed by atoms with E-state index in [0.29, 0.717) is 5.92 Å². The average molecular weight is 350 g/mol. The zero-order valence-corrected chi connectivity index (χ0v) is 16.7. The third-order valence-electron chi connectivity index (χ3n) is 6.10. The van der Waals surface area contributed by atoms with Crippen LogP contribution in [0.5, 0.6) is 0 Å². The molecule has 1 aliphatic carbocycles. The number of rotatable bonds is 8. The van der Waals surface area contributed by atoms with Gasteiger partial charge in [0.15, 0.2) is 0 Å². The number of aryl methyl sites for hydroxylation is 1. The third-order valence-corrected chi connectivity index (χ3v) is 6.10. The minimum atomic E-state index is 0.662. The van der Waals surface area contributed by atoms with Crippen LogP contribution in [0.3, 0.4) is 0 Å². The first kappa shape index (κ1) is 19.1. The van der Waals surface area contributed by atoms with Gasteiger partial charge in [-0.05, 0) is 67.2 Å². The van der Waals surface area contributed by atoms with Gasteiger partial charge in [-0.1, -0.05) is 69.9 Å². The summed E-state index contributed by atoms with van der Waals surface area (Å²) in [5, 5.41) is 0. The highest BCUT2D eigenvalue weighted by Crippen LogP contribution is 2.38. The minimum Gasteiger partial charge on any atom is -0.261 e. The van der Waals surface area contributed by atoms with Crippen LogP contribution in [0.2, 0.25) is 0 Å². The van der Waals surface area contributed by atoms with Crippen LogP contribution in [0.1, 0.15) is 88.8 Å². The van der Waals surface area contributed by atoms with Gasteiger partial charge in [-0.15, -0.1) is 0 Å². The molecule has 1 nitrogen and oxygen atoms in total. The lowest BCUT2D eigenvalue weighted by Gasteiger charge is -2.28. The first-order valence-electron chi connectivity index (χ1n) is 10.9. The molecule has 1 aliphatic rings. The maximum atomic E-state index is 4.94. The van der Waals surface area contributed by atoms with Crippen LogP contribution in [0.25, 0.3) is 11.1 Å². The van der Waals surface area contributed by atoms with Gasteiger partial charge in [-0.3, -0.25) is 4.98 Å². The second kappa shape index (κ2) is 9.90. The molecule has 0 saturated heterocycles. The van der Waals surface area contributed by atoms with E-state index in [-0.39, 0.29) is 0 Å². The molecule has 0 bridgehead atoms. The van der Waals surface area contributed by atoms with Crippen molar-refractivity contribution < 1.29 is 0 Å². The van der Waals surface area contributed by atoms with Crippen molar-refractivity contribution in [1.29, 1.82) is 0 Å². The van der Waals surface area contributed by atoms with Crippen LogP contribution in [-0.2, 0) is 6.42 Å². The van der Waals surface area contributed by atoms with E-state index in [2.05, 4.69) is 56.4 Å². The first-order chi connectivity index (χ1) is 12.8. The van der Waals surface area contributed by atoms with Gasteiger partial charge in [0.25, 0.3) is 0 Å². The number of benzene rings is 1. The Labute approximate surface area is 160 Å². The van der Waals surface area contributed by atoms with Crippen molar-refractivity contribution in [2.45, 2.75) is 84.0 Å². The van der Waals surface area contributed by atoms with Crippen molar-refractivity contribution in [3.05, 3.63) is 53.9 Å². The molecule has 2 aromatic rings. The van der Waals surface area contributed by atoms with Crippen LogP contribution in [0.15, 0.2) is 42.6 Å². The van der Waals surface area contributed by atoms with Crippen LogP contribution in [-0.4, -0.2) is 4.98 Å². The Balaban J connectivity index is 1.80. The first-order valence-corrected chi connectivity index (χ1v) is 10.9. The summed E-state index contributed by atoms with van der Waals surface area (Å²) in [6.07, 6.45) is 15.3. The highest BCUT2D eigenvalue weighted by atomic mass is 14.7. The van der Waals surface area contributed by atoms with Gasteiger partial charge in [0.2, 0.25) is 0 Å². The predicted octanol–water partition coefficient (Wildman–Crippen LogP) is 7.56. The lowest BCUT2D eigenvalue weighted by Crippen LogP contribution is -2.14. The average Bonchev–Trinajstić information content (AvgIpc) is 2.70. The zero-order chi connectivity index (χ0) is 18.2. The fourth-order valence-corrected chi connectivity index (χ4v) is 4.53. The molecule has 26 heavy (non-hydrogen) atoms. The number of pyridine rings is 1. The van der Waals surface area contributed by atoms with Gasteiger partial charge in [0.1, 0.15) is 0 Å². The van der Waals surface area contributed by atoms with E-state index < -0.39 is 0 Å². The molecule has 1 aromatic heterocycles. The molecule has 1 saturated carbocycles. The molecule has 0 aliphatic heterocycles. The molecule has 0 radical (unpaired) electrons. The summed E-state index contributed by atoms with van der Waals surface area (Å²) in [7, 11) is 0. The van der Waals surface area contributed by atoms with Gasteiger partial charge in [-0.25, -0.2) is 0 Å². The second-order valence-corrected chi connectivity index (χ2v) is 8.10. The summed E-state index contributed by atoms with van der Waals surface area (Å²) in [6.45, 7) is 4.59. The van der Waals surface area contributed by atoms with Gasteiger partial charge in [0, 0.05) is 17.8 Å². The number of unbranched alkanes of at least 4 members (excludes halogenated alkanes) is 2. The fraction of sp³-hybridized carbons (Fsp3) is 0.560. The van der Waals surface area contributed by atoms with Gasteiger partial charge >= 0.3 is 0 Å². The van der Waals surface area contributed by atoms with E-state index in [0.717, 1.165) is 12.3 Å². The molecule has 0 spiro atoms. The summed E-state index contributed by atoms with van der Waals surface area (Å²) in [4.78, 5) is 4.94. The lowest BCUT2D eigenvalue weighted by atomic mass is 9.78. The molecule has 0 atom stereocenters. The van der Waals surface area contributed by atoms with Crippen LogP contribution < -0.4 is 0 Å². The molecule has 1 heteroatoms. The van der Waals surface area contributed by atoms with Crippen molar-refractivity contribution in [1.82, 2.24) is 4.98 Å². The van der Waals surface area contributed by atoms with E-state index >= 15 is 0 Å². The smallest absolute Gasteiger partial charge is 0.0440 e. The Bertz CT molecular complexity index is 653. The van der Waals surface area contributed by atoms with Crippen molar-refractivity contribution in [2.75, 3.05) is 0 Å². The molecule has 1 aromatic carbocycles. The molecular weight excluding hydrogens is 314 g/mol. The van der Waals surface area contributed by atoms with Gasteiger partial charge in [-0.2, -0.15) is 0 Å². The SMILES string of the molecule is CCCCCc1cnc(C2CCC(CCC)CC2)cc1-c1ccccc1. The molecule has 0 unspecified atom stereocenters. The van der Waals surface area contributed by atoms with Crippen molar-refractivity contribution in [3.8, 4) is 11.1 Å². The maximum absolute atomic E-state index is 4.94. The molecule has 3 rings (SSSR count). The summed E-state index contributed by atoms with van der Waals surface area (Å²) in [6, 6.07) is 13.3. The highest BCUT2D eigenvalue weighted by molar-refractivity contribution is 5.67. The Kier molecular flexibility index (Phi) is 7.29. The normalized spacial score (nSPS) is 20.2. The number of hydrogen-bond acceptors (Lipinski definition) is 1. The molecule has 1 heterocycles. The number of nitrogens with zero attached hydrogens (tertiary/aromatic N) is 1. The quantitative estimate of drug-likeness (QED) is 0.448. The molecular formula is C25H35N. The number of hydrogen-bond donors (Lipinski definition) is 0. The summed E-state index contributed by atoms with van der Waals surface area (Å²) < 4.78 is 0. The second-order valence-electron chi connectivity index (χ2n) is 8.10. The topological polar surface area (TPSA) is 12.9 Å². The summed E-state index contributed by atoms with van der Waals surface area (Å²) >= 11 is 0. The Morgan fingerprint density at radius 1 is 0.923 bits per heavy atom.